The molecule has 0 aliphatic rings. The number of benzene rings is 1. The van der Waals surface area contributed by atoms with E-state index in [9.17, 15) is 0 Å². The second-order valence-corrected chi connectivity index (χ2v) is 7.20. The maximum absolute atomic E-state index is 4.86. The van der Waals surface area contributed by atoms with Crippen molar-refractivity contribution in [2.75, 3.05) is 0 Å². The van der Waals surface area contributed by atoms with Crippen molar-refractivity contribution < 1.29 is 0 Å². The van der Waals surface area contributed by atoms with Crippen molar-refractivity contribution in [3.8, 4) is 11.3 Å². The number of fused-ring (bicyclic) bond motifs is 2. The fourth-order valence-corrected chi connectivity index (χ4v) is 3.59. The van der Waals surface area contributed by atoms with E-state index in [1.165, 1.54) is 0 Å². The SMILES string of the molecule is CCCn1cc(-c2ccc3nnn(C(C)c4ccc5ncccc5c4)c3n2)cn1. The van der Waals surface area contributed by atoms with Crippen molar-refractivity contribution in [2.45, 2.75) is 32.9 Å². The van der Waals surface area contributed by atoms with Crippen LogP contribution in [-0.4, -0.2) is 34.7 Å². The molecular formula is C22H21N7. The van der Waals surface area contributed by atoms with Crippen LogP contribution in [0.3, 0.4) is 0 Å². The molecule has 0 N–H and O–H groups in total. The van der Waals surface area contributed by atoms with Gasteiger partial charge in [0.1, 0.15) is 5.52 Å². The molecule has 1 aromatic carbocycles. The van der Waals surface area contributed by atoms with Gasteiger partial charge in [0, 0.05) is 29.9 Å². The van der Waals surface area contributed by atoms with E-state index in [0.29, 0.717) is 0 Å². The molecule has 0 spiro atoms. The molecule has 0 saturated carbocycles. The molecule has 4 heterocycles. The van der Waals surface area contributed by atoms with Crippen LogP contribution in [0.25, 0.3) is 33.3 Å². The molecule has 0 saturated heterocycles. The Bertz CT molecular complexity index is 1300. The average Bonchev–Trinajstić information content (AvgIpc) is 3.40. The van der Waals surface area contributed by atoms with Crippen LogP contribution in [0.1, 0.15) is 31.9 Å². The highest BCUT2D eigenvalue weighted by Crippen LogP contribution is 2.25. The van der Waals surface area contributed by atoms with Gasteiger partial charge >= 0.3 is 0 Å². The highest BCUT2D eigenvalue weighted by Gasteiger charge is 2.16. The Morgan fingerprint density at radius 3 is 2.86 bits per heavy atom. The van der Waals surface area contributed by atoms with Crippen LogP contribution in [0.4, 0.5) is 0 Å². The lowest BCUT2D eigenvalue weighted by Gasteiger charge is -2.13. The summed E-state index contributed by atoms with van der Waals surface area (Å²) in [5, 5.41) is 14.2. The molecule has 7 heteroatoms. The van der Waals surface area contributed by atoms with E-state index in [2.05, 4.69) is 52.4 Å². The lowest BCUT2D eigenvalue weighted by molar-refractivity contribution is 0.556. The van der Waals surface area contributed by atoms with Gasteiger partial charge in [-0.25, -0.2) is 9.67 Å². The molecule has 4 aromatic heterocycles. The maximum atomic E-state index is 4.86. The predicted octanol–water partition coefficient (Wildman–Crippen LogP) is 4.26. The van der Waals surface area contributed by atoms with Crippen LogP contribution >= 0.6 is 0 Å². The van der Waals surface area contributed by atoms with Crippen LogP contribution in [0.5, 0.6) is 0 Å². The van der Waals surface area contributed by atoms with E-state index in [1.54, 1.807) is 0 Å². The summed E-state index contributed by atoms with van der Waals surface area (Å²) in [5.74, 6) is 0. The molecule has 7 nitrogen and oxygen atoms in total. The Labute approximate surface area is 168 Å². The molecule has 0 bridgehead atoms. The summed E-state index contributed by atoms with van der Waals surface area (Å²) in [6.07, 6.45) is 6.75. The van der Waals surface area contributed by atoms with Crippen molar-refractivity contribution in [2.24, 2.45) is 0 Å². The van der Waals surface area contributed by atoms with Crippen molar-refractivity contribution in [3.05, 3.63) is 66.6 Å². The highest BCUT2D eigenvalue weighted by molar-refractivity contribution is 5.79. The quantitative estimate of drug-likeness (QED) is 0.453. The van der Waals surface area contributed by atoms with Gasteiger partial charge in [0.05, 0.1) is 23.4 Å². The first kappa shape index (κ1) is 17.5. The minimum absolute atomic E-state index is 0.00447. The molecular weight excluding hydrogens is 362 g/mol. The molecule has 144 valence electrons. The van der Waals surface area contributed by atoms with E-state index < -0.39 is 0 Å². The zero-order chi connectivity index (χ0) is 19.8. The number of hydrogen-bond donors (Lipinski definition) is 0. The number of aromatic nitrogens is 7. The number of pyridine rings is 2. The Hall–Kier alpha value is -3.61. The van der Waals surface area contributed by atoms with Gasteiger partial charge in [-0.15, -0.1) is 5.10 Å². The normalized spacial score (nSPS) is 12.6. The van der Waals surface area contributed by atoms with Gasteiger partial charge in [0.15, 0.2) is 5.65 Å². The van der Waals surface area contributed by atoms with Crippen molar-refractivity contribution in [3.63, 3.8) is 0 Å². The molecule has 0 radical (unpaired) electrons. The molecule has 0 amide bonds. The van der Waals surface area contributed by atoms with E-state index >= 15 is 0 Å². The summed E-state index contributed by atoms with van der Waals surface area (Å²) < 4.78 is 3.83. The maximum Gasteiger partial charge on any atom is 0.179 e. The smallest absolute Gasteiger partial charge is 0.179 e. The lowest BCUT2D eigenvalue weighted by atomic mass is 10.1. The van der Waals surface area contributed by atoms with Crippen LogP contribution < -0.4 is 0 Å². The van der Waals surface area contributed by atoms with Crippen molar-refractivity contribution >= 4 is 22.1 Å². The van der Waals surface area contributed by atoms with Gasteiger partial charge in [0.25, 0.3) is 0 Å². The molecule has 0 aliphatic carbocycles. The van der Waals surface area contributed by atoms with Crippen molar-refractivity contribution in [1.29, 1.82) is 0 Å². The highest BCUT2D eigenvalue weighted by atomic mass is 15.4. The van der Waals surface area contributed by atoms with Crippen LogP contribution in [0, 0.1) is 0 Å². The Balaban J connectivity index is 1.55. The van der Waals surface area contributed by atoms with Crippen LogP contribution in [-0.2, 0) is 6.54 Å². The van der Waals surface area contributed by atoms with E-state index in [4.69, 9.17) is 4.98 Å². The fraction of sp³-hybridized carbons (Fsp3) is 0.227. The molecule has 5 aromatic rings. The lowest BCUT2D eigenvalue weighted by Crippen LogP contribution is -2.09. The third-order valence-corrected chi connectivity index (χ3v) is 5.18. The predicted molar refractivity (Wildman–Crippen MR) is 112 cm³/mol. The zero-order valence-electron chi connectivity index (χ0n) is 16.4. The van der Waals surface area contributed by atoms with Gasteiger partial charge < -0.3 is 0 Å². The summed E-state index contributed by atoms with van der Waals surface area (Å²) in [4.78, 5) is 9.26. The van der Waals surface area contributed by atoms with Gasteiger partial charge in [-0.2, -0.15) is 5.10 Å². The van der Waals surface area contributed by atoms with E-state index in [1.807, 2.05) is 52.2 Å². The second-order valence-electron chi connectivity index (χ2n) is 7.20. The molecule has 0 fully saturated rings. The Morgan fingerprint density at radius 1 is 1.07 bits per heavy atom. The molecule has 1 atom stereocenters. The third-order valence-electron chi connectivity index (χ3n) is 5.18. The summed E-state index contributed by atoms with van der Waals surface area (Å²) in [5.41, 5.74) is 5.54. The summed E-state index contributed by atoms with van der Waals surface area (Å²) in [6, 6.07) is 14.2. The summed E-state index contributed by atoms with van der Waals surface area (Å²) in [6.45, 7) is 5.15. The number of hydrogen-bond acceptors (Lipinski definition) is 5. The minimum Gasteiger partial charge on any atom is -0.272 e. The van der Waals surface area contributed by atoms with E-state index in [0.717, 1.165) is 51.9 Å². The van der Waals surface area contributed by atoms with E-state index in [-0.39, 0.29) is 6.04 Å². The number of nitrogens with zero attached hydrogens (tertiary/aromatic N) is 7. The first-order valence-corrected chi connectivity index (χ1v) is 9.82. The molecule has 29 heavy (non-hydrogen) atoms. The van der Waals surface area contributed by atoms with Crippen LogP contribution in [0.2, 0.25) is 0 Å². The monoisotopic (exact) mass is 383 g/mol. The second kappa shape index (κ2) is 7.09. The molecule has 1 unspecified atom stereocenters. The first-order chi connectivity index (χ1) is 14.2. The Kier molecular flexibility index (Phi) is 4.27. The van der Waals surface area contributed by atoms with Gasteiger partial charge in [-0.1, -0.05) is 24.3 Å². The average molecular weight is 383 g/mol. The third kappa shape index (κ3) is 3.14. The standard InChI is InChI=1S/C22H21N7/c1-3-11-28-14-18(13-24-28)20-8-9-21-22(25-20)29(27-26-21)15(2)16-6-7-19-17(12-16)5-4-10-23-19/h4-10,12-15H,3,11H2,1-2H3. The van der Waals surface area contributed by atoms with Gasteiger partial charge in [0.2, 0.25) is 0 Å². The largest absolute Gasteiger partial charge is 0.272 e. The number of rotatable bonds is 5. The van der Waals surface area contributed by atoms with Crippen molar-refractivity contribution in [1.82, 2.24) is 34.7 Å². The minimum atomic E-state index is -0.00447. The summed E-state index contributed by atoms with van der Waals surface area (Å²) in [7, 11) is 0. The van der Waals surface area contributed by atoms with Gasteiger partial charge in [-0.05, 0) is 49.2 Å². The number of aryl methyl sites for hydroxylation is 1. The fourth-order valence-electron chi connectivity index (χ4n) is 3.59. The van der Waals surface area contributed by atoms with Crippen LogP contribution in [0.15, 0.2) is 61.1 Å². The summed E-state index contributed by atoms with van der Waals surface area (Å²) >= 11 is 0. The van der Waals surface area contributed by atoms with Gasteiger partial charge in [-0.3, -0.25) is 9.67 Å². The zero-order valence-corrected chi connectivity index (χ0v) is 16.4. The Morgan fingerprint density at radius 2 is 1.97 bits per heavy atom. The topological polar surface area (TPSA) is 74.3 Å². The molecule has 5 rings (SSSR count). The first-order valence-electron chi connectivity index (χ1n) is 9.82. The molecule has 0 aliphatic heterocycles.